The van der Waals surface area contributed by atoms with Crippen molar-refractivity contribution in [3.63, 3.8) is 0 Å². The summed E-state index contributed by atoms with van der Waals surface area (Å²) in [5, 5.41) is 2.83. The van der Waals surface area contributed by atoms with E-state index in [0.29, 0.717) is 17.1 Å². The number of hydrogen-bond acceptors (Lipinski definition) is 3. The van der Waals surface area contributed by atoms with Crippen LogP contribution in [0.4, 0.5) is 11.4 Å². The zero-order valence-corrected chi connectivity index (χ0v) is 16.6. The molecule has 3 aromatic rings. The van der Waals surface area contributed by atoms with Crippen LogP contribution in [0.3, 0.4) is 0 Å². The Kier molecular flexibility index (Phi) is 6.63. The summed E-state index contributed by atoms with van der Waals surface area (Å²) >= 11 is 0. The smallest absolute Gasteiger partial charge is 0.244 e. The molecule has 5 nitrogen and oxygen atoms in total. The van der Waals surface area contributed by atoms with E-state index in [9.17, 15) is 9.59 Å². The number of ether oxygens (including phenoxy) is 1. The zero-order chi connectivity index (χ0) is 20.6. The summed E-state index contributed by atoms with van der Waals surface area (Å²) in [4.78, 5) is 26.0. The molecule has 148 valence electrons. The van der Waals surface area contributed by atoms with Gasteiger partial charge in [0.15, 0.2) is 0 Å². The molecule has 0 saturated carbocycles. The van der Waals surface area contributed by atoms with E-state index in [0.717, 1.165) is 12.2 Å². The van der Waals surface area contributed by atoms with Crippen molar-refractivity contribution >= 4 is 23.2 Å². The molecule has 3 rings (SSSR count). The van der Waals surface area contributed by atoms with Gasteiger partial charge in [-0.25, -0.2) is 0 Å². The van der Waals surface area contributed by atoms with Crippen LogP contribution in [0.15, 0.2) is 78.9 Å². The molecule has 0 atom stereocenters. The predicted octanol–water partition coefficient (Wildman–Crippen LogP) is 5.03. The number of hydrogen-bond donors (Lipinski definition) is 1. The van der Waals surface area contributed by atoms with Gasteiger partial charge in [0.05, 0.1) is 0 Å². The minimum Gasteiger partial charge on any atom is -0.457 e. The number of para-hydroxylation sites is 1. The summed E-state index contributed by atoms with van der Waals surface area (Å²) in [7, 11) is 0. The van der Waals surface area contributed by atoms with E-state index >= 15 is 0 Å². The standard InChI is InChI=1S/C24H24N2O3/c1-3-19-9-11-20(12-10-19)25-24(28)17-26(18(2)27)21-13-15-23(16-14-21)29-22-7-5-4-6-8-22/h4-16H,3,17H2,1-2H3,(H,25,28). The van der Waals surface area contributed by atoms with Crippen molar-refractivity contribution in [1.29, 1.82) is 0 Å². The maximum Gasteiger partial charge on any atom is 0.244 e. The third kappa shape index (κ3) is 5.69. The molecule has 0 fully saturated rings. The Morgan fingerprint density at radius 2 is 1.48 bits per heavy atom. The summed E-state index contributed by atoms with van der Waals surface area (Å²) in [5.74, 6) is 0.924. The van der Waals surface area contributed by atoms with Crippen molar-refractivity contribution in [3.8, 4) is 11.5 Å². The molecule has 0 unspecified atom stereocenters. The number of rotatable bonds is 7. The molecule has 1 N–H and O–H groups in total. The summed E-state index contributed by atoms with van der Waals surface area (Å²) in [5.41, 5.74) is 2.54. The highest BCUT2D eigenvalue weighted by Crippen LogP contribution is 2.24. The van der Waals surface area contributed by atoms with Crippen molar-refractivity contribution in [2.24, 2.45) is 0 Å². The Labute approximate surface area is 170 Å². The molecule has 0 aliphatic rings. The molecule has 3 aromatic carbocycles. The summed E-state index contributed by atoms with van der Waals surface area (Å²) in [6, 6.07) is 24.2. The summed E-state index contributed by atoms with van der Waals surface area (Å²) in [6.07, 6.45) is 0.941. The summed E-state index contributed by atoms with van der Waals surface area (Å²) < 4.78 is 5.77. The van der Waals surface area contributed by atoms with Gasteiger partial charge in [0.2, 0.25) is 11.8 Å². The molecule has 0 spiro atoms. The number of aryl methyl sites for hydroxylation is 1. The minimum absolute atomic E-state index is 0.0657. The fourth-order valence-electron chi connectivity index (χ4n) is 2.87. The SMILES string of the molecule is CCc1ccc(NC(=O)CN(C(C)=O)c2ccc(Oc3ccccc3)cc2)cc1. The first-order valence-corrected chi connectivity index (χ1v) is 9.55. The van der Waals surface area contributed by atoms with Crippen LogP contribution in [0.1, 0.15) is 19.4 Å². The van der Waals surface area contributed by atoms with Crippen molar-refractivity contribution in [2.45, 2.75) is 20.3 Å². The van der Waals surface area contributed by atoms with Gasteiger partial charge in [-0.3, -0.25) is 9.59 Å². The lowest BCUT2D eigenvalue weighted by Gasteiger charge is -2.21. The number of anilines is 2. The largest absolute Gasteiger partial charge is 0.457 e. The lowest BCUT2D eigenvalue weighted by atomic mass is 10.1. The van der Waals surface area contributed by atoms with E-state index in [-0.39, 0.29) is 18.4 Å². The molecule has 0 heterocycles. The minimum atomic E-state index is -0.255. The van der Waals surface area contributed by atoms with Gasteiger partial charge >= 0.3 is 0 Å². The van der Waals surface area contributed by atoms with Crippen LogP contribution in [0.25, 0.3) is 0 Å². The second-order valence-electron chi connectivity index (χ2n) is 6.61. The zero-order valence-electron chi connectivity index (χ0n) is 16.6. The van der Waals surface area contributed by atoms with Gasteiger partial charge in [-0.15, -0.1) is 0 Å². The third-order valence-electron chi connectivity index (χ3n) is 4.46. The van der Waals surface area contributed by atoms with Crippen LogP contribution >= 0.6 is 0 Å². The molecule has 0 aromatic heterocycles. The van der Waals surface area contributed by atoms with Gasteiger partial charge in [-0.2, -0.15) is 0 Å². The lowest BCUT2D eigenvalue weighted by Crippen LogP contribution is -2.36. The number of nitrogens with one attached hydrogen (secondary N) is 1. The normalized spacial score (nSPS) is 10.3. The second kappa shape index (κ2) is 9.55. The van der Waals surface area contributed by atoms with E-state index in [4.69, 9.17) is 4.74 Å². The number of carbonyl (C=O) groups is 2. The van der Waals surface area contributed by atoms with E-state index in [2.05, 4.69) is 12.2 Å². The van der Waals surface area contributed by atoms with Crippen LogP contribution in [0.5, 0.6) is 11.5 Å². The van der Waals surface area contributed by atoms with Crippen molar-refractivity contribution in [1.82, 2.24) is 0 Å². The molecule has 0 aliphatic carbocycles. The number of amides is 2. The van der Waals surface area contributed by atoms with E-state index in [1.54, 1.807) is 24.3 Å². The van der Waals surface area contributed by atoms with Gasteiger partial charge < -0.3 is 15.0 Å². The van der Waals surface area contributed by atoms with Gasteiger partial charge in [0.25, 0.3) is 0 Å². The topological polar surface area (TPSA) is 58.6 Å². The van der Waals surface area contributed by atoms with Crippen molar-refractivity contribution in [2.75, 3.05) is 16.8 Å². The Balaban J connectivity index is 1.65. The molecular formula is C24H24N2O3. The van der Waals surface area contributed by atoms with Gasteiger partial charge in [-0.1, -0.05) is 37.3 Å². The number of nitrogens with zero attached hydrogens (tertiary/aromatic N) is 1. The average Bonchev–Trinajstić information content (AvgIpc) is 2.74. The first kappa shape index (κ1) is 20.1. The summed E-state index contributed by atoms with van der Waals surface area (Å²) in [6.45, 7) is 3.45. The van der Waals surface area contributed by atoms with Gasteiger partial charge in [0, 0.05) is 18.3 Å². The second-order valence-corrected chi connectivity index (χ2v) is 6.61. The first-order chi connectivity index (χ1) is 14.0. The Hall–Kier alpha value is -3.60. The highest BCUT2D eigenvalue weighted by Gasteiger charge is 2.16. The maximum absolute atomic E-state index is 12.4. The van der Waals surface area contributed by atoms with Crippen LogP contribution in [-0.4, -0.2) is 18.4 Å². The molecule has 29 heavy (non-hydrogen) atoms. The van der Waals surface area contributed by atoms with E-state index < -0.39 is 0 Å². The molecule has 0 bridgehead atoms. The van der Waals surface area contributed by atoms with Gasteiger partial charge in [-0.05, 0) is 60.5 Å². The molecule has 0 aliphatic heterocycles. The van der Waals surface area contributed by atoms with Crippen LogP contribution < -0.4 is 15.0 Å². The van der Waals surface area contributed by atoms with Gasteiger partial charge in [0.1, 0.15) is 18.0 Å². The molecular weight excluding hydrogens is 364 g/mol. The molecule has 2 amide bonds. The lowest BCUT2D eigenvalue weighted by molar-refractivity contribution is -0.120. The van der Waals surface area contributed by atoms with Crippen LogP contribution in [-0.2, 0) is 16.0 Å². The Morgan fingerprint density at radius 1 is 0.862 bits per heavy atom. The molecule has 0 radical (unpaired) electrons. The van der Waals surface area contributed by atoms with Crippen LogP contribution in [0.2, 0.25) is 0 Å². The fourth-order valence-corrected chi connectivity index (χ4v) is 2.87. The van der Waals surface area contributed by atoms with Crippen molar-refractivity contribution < 1.29 is 14.3 Å². The monoisotopic (exact) mass is 388 g/mol. The third-order valence-corrected chi connectivity index (χ3v) is 4.46. The highest BCUT2D eigenvalue weighted by atomic mass is 16.5. The molecule has 0 saturated heterocycles. The predicted molar refractivity (Wildman–Crippen MR) is 115 cm³/mol. The fraction of sp³-hybridized carbons (Fsp3) is 0.167. The maximum atomic E-state index is 12.4. The van der Waals surface area contributed by atoms with E-state index in [1.807, 2.05) is 54.6 Å². The Bertz CT molecular complexity index is 952. The van der Waals surface area contributed by atoms with Crippen LogP contribution in [0, 0.1) is 0 Å². The first-order valence-electron chi connectivity index (χ1n) is 9.55. The Morgan fingerprint density at radius 3 is 2.07 bits per heavy atom. The van der Waals surface area contributed by atoms with E-state index in [1.165, 1.54) is 17.4 Å². The molecule has 5 heteroatoms. The van der Waals surface area contributed by atoms with Crippen molar-refractivity contribution in [3.05, 3.63) is 84.4 Å². The highest BCUT2D eigenvalue weighted by molar-refractivity contribution is 6.01. The average molecular weight is 388 g/mol. The quantitative estimate of drug-likeness (QED) is 0.617. The number of carbonyl (C=O) groups excluding carboxylic acids is 2. The number of benzene rings is 3.